The van der Waals surface area contributed by atoms with Crippen LogP contribution in [0, 0.1) is 8.99 Å². The summed E-state index contributed by atoms with van der Waals surface area (Å²) in [5, 5.41) is 3.61. The van der Waals surface area contributed by atoms with E-state index in [0.717, 1.165) is 22.1 Å². The van der Waals surface area contributed by atoms with E-state index < -0.39 is 5.41 Å². The van der Waals surface area contributed by atoms with Gasteiger partial charge in [-0.1, -0.05) is 25.4 Å². The molecule has 0 atom stereocenters. The van der Waals surface area contributed by atoms with E-state index in [4.69, 9.17) is 17.3 Å². The molecule has 100 valence electrons. The summed E-state index contributed by atoms with van der Waals surface area (Å²) >= 11 is 8.04. The Morgan fingerprint density at radius 3 is 2.50 bits per heavy atom. The minimum absolute atomic E-state index is 0.0183. The van der Waals surface area contributed by atoms with Crippen molar-refractivity contribution in [3.8, 4) is 0 Å². The van der Waals surface area contributed by atoms with Crippen LogP contribution in [-0.4, -0.2) is 12.5 Å². The third kappa shape index (κ3) is 3.36. The molecule has 1 amide bonds. The molecule has 0 aliphatic heterocycles. The van der Waals surface area contributed by atoms with E-state index >= 15 is 0 Å². The normalized spacial score (nSPS) is 11.4. The van der Waals surface area contributed by atoms with E-state index in [1.165, 1.54) is 0 Å². The summed E-state index contributed by atoms with van der Waals surface area (Å²) in [6.07, 6.45) is 1.46. The van der Waals surface area contributed by atoms with Gasteiger partial charge in [0.05, 0.1) is 11.1 Å². The van der Waals surface area contributed by atoms with Crippen LogP contribution in [0.4, 0.5) is 5.69 Å². The molecule has 18 heavy (non-hydrogen) atoms. The Bertz CT molecular complexity index is 425. The van der Waals surface area contributed by atoms with Crippen LogP contribution in [-0.2, 0) is 4.79 Å². The molecule has 0 radical (unpaired) electrons. The molecular weight excluding hydrogens is 363 g/mol. The van der Waals surface area contributed by atoms with Crippen LogP contribution >= 0.6 is 34.2 Å². The summed E-state index contributed by atoms with van der Waals surface area (Å²) in [5.41, 5.74) is 6.06. The van der Waals surface area contributed by atoms with Crippen molar-refractivity contribution >= 4 is 45.8 Å². The highest BCUT2D eigenvalue weighted by Crippen LogP contribution is 2.29. The molecule has 0 unspecified atom stereocenters. The van der Waals surface area contributed by atoms with Crippen molar-refractivity contribution in [3.63, 3.8) is 0 Å². The minimum atomic E-state index is -0.483. The Labute approximate surface area is 127 Å². The SMILES string of the molecule is CCC(CC)(CN)C(=O)Nc1ccc(Cl)cc1I. The van der Waals surface area contributed by atoms with Gasteiger partial charge in [-0.3, -0.25) is 4.79 Å². The van der Waals surface area contributed by atoms with Crippen molar-refractivity contribution in [2.45, 2.75) is 26.7 Å². The lowest BCUT2D eigenvalue weighted by atomic mass is 9.81. The average molecular weight is 381 g/mol. The number of amides is 1. The standard InChI is InChI=1S/C13H18ClIN2O/c1-3-13(4-2,8-16)12(18)17-11-6-5-9(14)7-10(11)15/h5-7H,3-4,8,16H2,1-2H3,(H,17,18). The van der Waals surface area contributed by atoms with Crippen LogP contribution in [0.3, 0.4) is 0 Å². The Hall–Kier alpha value is -0.330. The monoisotopic (exact) mass is 380 g/mol. The molecule has 5 heteroatoms. The predicted molar refractivity (Wildman–Crippen MR) is 84.9 cm³/mol. The fourth-order valence-corrected chi connectivity index (χ4v) is 2.80. The van der Waals surface area contributed by atoms with Crippen molar-refractivity contribution < 1.29 is 4.79 Å². The average Bonchev–Trinajstić information content (AvgIpc) is 2.36. The Kier molecular flexibility index (Phi) is 5.88. The number of carbonyl (C=O) groups is 1. The Balaban J connectivity index is 2.93. The van der Waals surface area contributed by atoms with E-state index in [0.29, 0.717) is 11.6 Å². The number of anilines is 1. The molecule has 0 heterocycles. The molecular formula is C13H18ClIN2O. The summed E-state index contributed by atoms with van der Waals surface area (Å²) in [4.78, 5) is 12.3. The number of carbonyl (C=O) groups excluding carboxylic acids is 1. The zero-order valence-electron chi connectivity index (χ0n) is 10.6. The van der Waals surface area contributed by atoms with Gasteiger partial charge < -0.3 is 11.1 Å². The fraction of sp³-hybridized carbons (Fsp3) is 0.462. The number of nitrogens with two attached hydrogens (primary N) is 1. The van der Waals surface area contributed by atoms with Gasteiger partial charge in [-0.05, 0) is 53.6 Å². The van der Waals surface area contributed by atoms with Gasteiger partial charge in [0.1, 0.15) is 0 Å². The number of rotatable bonds is 5. The Morgan fingerprint density at radius 1 is 1.44 bits per heavy atom. The highest BCUT2D eigenvalue weighted by molar-refractivity contribution is 14.1. The Morgan fingerprint density at radius 2 is 2.06 bits per heavy atom. The van der Waals surface area contributed by atoms with Crippen LogP contribution in [0.5, 0.6) is 0 Å². The molecule has 3 N–H and O–H groups in total. The number of hydrogen-bond donors (Lipinski definition) is 2. The molecule has 0 spiro atoms. The second-order valence-corrected chi connectivity index (χ2v) is 5.87. The van der Waals surface area contributed by atoms with E-state index in [9.17, 15) is 4.79 Å². The van der Waals surface area contributed by atoms with Crippen LogP contribution < -0.4 is 11.1 Å². The molecule has 3 nitrogen and oxygen atoms in total. The van der Waals surface area contributed by atoms with Crippen molar-refractivity contribution in [1.82, 2.24) is 0 Å². The summed E-state index contributed by atoms with van der Waals surface area (Å²) in [5.74, 6) is -0.0183. The maximum absolute atomic E-state index is 12.3. The lowest BCUT2D eigenvalue weighted by Gasteiger charge is -2.28. The van der Waals surface area contributed by atoms with Gasteiger partial charge in [-0.25, -0.2) is 0 Å². The van der Waals surface area contributed by atoms with Crippen molar-refractivity contribution in [2.75, 3.05) is 11.9 Å². The molecule has 0 saturated heterocycles. The first-order valence-electron chi connectivity index (χ1n) is 5.95. The van der Waals surface area contributed by atoms with E-state index in [1.54, 1.807) is 6.07 Å². The van der Waals surface area contributed by atoms with Gasteiger partial charge in [0, 0.05) is 15.1 Å². The fourth-order valence-electron chi connectivity index (χ4n) is 1.80. The zero-order valence-corrected chi connectivity index (χ0v) is 13.5. The highest BCUT2D eigenvalue weighted by atomic mass is 127. The number of benzene rings is 1. The van der Waals surface area contributed by atoms with Gasteiger partial charge in [0.25, 0.3) is 0 Å². The van der Waals surface area contributed by atoms with Crippen LogP contribution in [0.15, 0.2) is 18.2 Å². The van der Waals surface area contributed by atoms with Gasteiger partial charge in [0.2, 0.25) is 5.91 Å². The van der Waals surface area contributed by atoms with Gasteiger partial charge >= 0.3 is 0 Å². The molecule has 0 fully saturated rings. The summed E-state index contributed by atoms with van der Waals surface area (Å²) < 4.78 is 0.923. The lowest BCUT2D eigenvalue weighted by molar-refractivity contribution is -0.125. The van der Waals surface area contributed by atoms with E-state index in [-0.39, 0.29) is 5.91 Å². The highest BCUT2D eigenvalue weighted by Gasteiger charge is 2.33. The van der Waals surface area contributed by atoms with Crippen LogP contribution in [0.2, 0.25) is 5.02 Å². The second kappa shape index (κ2) is 6.73. The molecule has 0 aliphatic carbocycles. The van der Waals surface area contributed by atoms with Crippen molar-refractivity contribution in [2.24, 2.45) is 11.1 Å². The van der Waals surface area contributed by atoms with Gasteiger partial charge in [-0.15, -0.1) is 0 Å². The smallest absolute Gasteiger partial charge is 0.231 e. The van der Waals surface area contributed by atoms with E-state index in [1.807, 2.05) is 26.0 Å². The molecule has 1 aromatic rings. The summed E-state index contributed by atoms with van der Waals surface area (Å²) in [7, 11) is 0. The van der Waals surface area contributed by atoms with Crippen LogP contribution in [0.25, 0.3) is 0 Å². The minimum Gasteiger partial charge on any atom is -0.329 e. The number of nitrogens with one attached hydrogen (secondary N) is 1. The largest absolute Gasteiger partial charge is 0.329 e. The maximum atomic E-state index is 12.3. The summed E-state index contributed by atoms with van der Waals surface area (Å²) in [6, 6.07) is 5.40. The van der Waals surface area contributed by atoms with Gasteiger partial charge in [-0.2, -0.15) is 0 Å². The molecule has 0 aliphatic rings. The third-order valence-corrected chi connectivity index (χ3v) is 4.53. The third-order valence-electron chi connectivity index (χ3n) is 3.41. The topological polar surface area (TPSA) is 55.1 Å². The molecule has 1 aromatic carbocycles. The van der Waals surface area contributed by atoms with E-state index in [2.05, 4.69) is 27.9 Å². The maximum Gasteiger partial charge on any atom is 0.231 e. The molecule has 0 bridgehead atoms. The molecule has 0 saturated carbocycles. The number of hydrogen-bond acceptors (Lipinski definition) is 2. The quantitative estimate of drug-likeness (QED) is 0.766. The van der Waals surface area contributed by atoms with Gasteiger partial charge in [0.15, 0.2) is 0 Å². The first-order chi connectivity index (χ1) is 8.49. The zero-order chi connectivity index (χ0) is 13.8. The van der Waals surface area contributed by atoms with Crippen molar-refractivity contribution in [1.29, 1.82) is 0 Å². The lowest BCUT2D eigenvalue weighted by Crippen LogP contribution is -2.41. The first-order valence-corrected chi connectivity index (χ1v) is 7.41. The van der Waals surface area contributed by atoms with Crippen molar-refractivity contribution in [3.05, 3.63) is 26.8 Å². The first kappa shape index (κ1) is 15.7. The summed E-state index contributed by atoms with van der Waals surface area (Å²) in [6.45, 7) is 4.33. The predicted octanol–water partition coefficient (Wildman–Crippen LogP) is 3.65. The second-order valence-electron chi connectivity index (χ2n) is 4.27. The molecule has 1 rings (SSSR count). The van der Waals surface area contributed by atoms with Crippen LogP contribution in [0.1, 0.15) is 26.7 Å². The molecule has 0 aromatic heterocycles. The number of halogens is 2.